The van der Waals surface area contributed by atoms with Gasteiger partial charge in [0.2, 0.25) is 0 Å². The summed E-state index contributed by atoms with van der Waals surface area (Å²) >= 11 is 5.99. The molecular weight excluding hydrogens is 330 g/mol. The van der Waals surface area contributed by atoms with Crippen molar-refractivity contribution < 1.29 is 4.74 Å². The van der Waals surface area contributed by atoms with Crippen LogP contribution < -0.4 is 0 Å². The molecule has 1 aliphatic heterocycles. The molecule has 3 heteroatoms. The van der Waals surface area contributed by atoms with E-state index in [1.54, 1.807) is 0 Å². The molecule has 2 aliphatic rings. The summed E-state index contributed by atoms with van der Waals surface area (Å²) in [6.45, 7) is 0. The first kappa shape index (κ1) is 16.7. The van der Waals surface area contributed by atoms with Gasteiger partial charge in [-0.05, 0) is 36.1 Å². The van der Waals surface area contributed by atoms with Crippen LogP contribution in [0.5, 0.6) is 0 Å². The van der Waals surface area contributed by atoms with Gasteiger partial charge in [0.15, 0.2) is 11.8 Å². The summed E-state index contributed by atoms with van der Waals surface area (Å²) in [7, 11) is 0. The largest absolute Gasteiger partial charge is 0.624 e. The van der Waals surface area contributed by atoms with Crippen molar-refractivity contribution in [3.8, 4) is 0 Å². The zero-order chi connectivity index (χ0) is 17.3. The molecule has 0 aromatic heterocycles. The van der Waals surface area contributed by atoms with E-state index in [0.717, 1.165) is 30.0 Å². The Hall–Kier alpha value is -1.80. The van der Waals surface area contributed by atoms with E-state index < -0.39 is 0 Å². The smallest absolute Gasteiger partial charge is 0.174 e. The maximum absolute atomic E-state index is 13.2. The zero-order valence-electron chi connectivity index (χ0n) is 14.5. The second-order valence-corrected chi connectivity index (χ2v) is 8.05. The van der Waals surface area contributed by atoms with Crippen LogP contribution in [0.1, 0.15) is 43.2 Å². The third-order valence-corrected chi connectivity index (χ3v) is 6.25. The number of halogens is 1. The van der Waals surface area contributed by atoms with Crippen molar-refractivity contribution in [2.75, 3.05) is 0 Å². The Labute approximate surface area is 154 Å². The highest BCUT2D eigenvalue weighted by molar-refractivity contribution is 6.30. The summed E-state index contributed by atoms with van der Waals surface area (Å²) in [6, 6.07) is 18.4. The first-order valence-electron chi connectivity index (χ1n) is 9.27. The molecule has 4 rings (SSSR count). The molecule has 25 heavy (non-hydrogen) atoms. The molecule has 0 radical (unpaired) electrons. The van der Waals surface area contributed by atoms with Gasteiger partial charge in [-0.3, -0.25) is 0 Å². The van der Waals surface area contributed by atoms with Gasteiger partial charge in [0.25, 0.3) is 0 Å². The highest BCUT2D eigenvalue weighted by Crippen LogP contribution is 2.48. The SMILES string of the molecule is [O-][N+]1=C(Cc2ccccc2)C2(CCCC2)C[C@H]1Cc1ccc(Cl)cc1. The van der Waals surface area contributed by atoms with E-state index in [4.69, 9.17) is 11.6 Å². The van der Waals surface area contributed by atoms with Crippen LogP contribution in [0.25, 0.3) is 0 Å². The molecule has 1 spiro atoms. The number of hydroxylamine groups is 1. The van der Waals surface area contributed by atoms with E-state index in [9.17, 15) is 5.21 Å². The molecule has 0 bridgehead atoms. The van der Waals surface area contributed by atoms with E-state index in [-0.39, 0.29) is 11.5 Å². The molecule has 2 aromatic carbocycles. The minimum atomic E-state index is 0.0537. The molecule has 1 heterocycles. The Bertz CT molecular complexity index is 760. The van der Waals surface area contributed by atoms with E-state index >= 15 is 0 Å². The Morgan fingerprint density at radius 1 is 0.960 bits per heavy atom. The van der Waals surface area contributed by atoms with Gasteiger partial charge in [-0.15, -0.1) is 0 Å². The molecular formula is C22H24ClNO. The molecule has 1 fully saturated rings. The van der Waals surface area contributed by atoms with Crippen LogP contribution in [0.15, 0.2) is 54.6 Å². The monoisotopic (exact) mass is 353 g/mol. The van der Waals surface area contributed by atoms with Crippen LogP contribution in [0.4, 0.5) is 0 Å². The average Bonchev–Trinajstić information content (AvgIpc) is 3.19. The fraction of sp³-hybridized carbons (Fsp3) is 0.409. The fourth-order valence-corrected chi connectivity index (χ4v) is 4.88. The number of nitrogens with zero attached hydrogens (tertiary/aromatic N) is 1. The number of rotatable bonds is 4. The summed E-state index contributed by atoms with van der Waals surface area (Å²) in [6.07, 6.45) is 7.44. The summed E-state index contributed by atoms with van der Waals surface area (Å²) < 4.78 is 1.37. The summed E-state index contributed by atoms with van der Waals surface area (Å²) in [5.74, 6) is 0. The van der Waals surface area contributed by atoms with Gasteiger partial charge in [-0.1, -0.05) is 66.9 Å². The Kier molecular flexibility index (Phi) is 4.56. The second kappa shape index (κ2) is 6.84. The van der Waals surface area contributed by atoms with Crippen LogP contribution >= 0.6 is 11.6 Å². The lowest BCUT2D eigenvalue weighted by molar-refractivity contribution is -0.492. The first-order chi connectivity index (χ1) is 12.2. The standard InChI is InChI=1S/C22H24ClNO/c23-19-10-8-18(9-11-19)14-20-16-22(12-4-5-13-22)21(24(20)25)15-17-6-2-1-3-7-17/h1-3,6-11,20H,4-5,12-16H2/t20-/m1/s1. The number of benzene rings is 2. The molecule has 0 saturated heterocycles. The van der Waals surface area contributed by atoms with Crippen LogP contribution in [0, 0.1) is 10.6 Å². The number of hydrogen-bond acceptors (Lipinski definition) is 1. The molecule has 1 saturated carbocycles. The van der Waals surface area contributed by atoms with Crippen molar-refractivity contribution in [1.29, 1.82) is 0 Å². The van der Waals surface area contributed by atoms with Gasteiger partial charge >= 0.3 is 0 Å². The van der Waals surface area contributed by atoms with E-state index in [1.165, 1.54) is 41.5 Å². The van der Waals surface area contributed by atoms with Crippen molar-refractivity contribution in [3.05, 3.63) is 76.0 Å². The Morgan fingerprint density at radius 2 is 1.64 bits per heavy atom. The van der Waals surface area contributed by atoms with Crippen molar-refractivity contribution in [1.82, 2.24) is 0 Å². The third-order valence-electron chi connectivity index (χ3n) is 6.00. The van der Waals surface area contributed by atoms with Gasteiger partial charge in [-0.2, -0.15) is 0 Å². The first-order valence-corrected chi connectivity index (χ1v) is 9.65. The van der Waals surface area contributed by atoms with Gasteiger partial charge < -0.3 is 5.21 Å². The van der Waals surface area contributed by atoms with Gasteiger partial charge in [0.1, 0.15) is 0 Å². The average molecular weight is 354 g/mol. The molecule has 2 aromatic rings. The Balaban J connectivity index is 1.62. The van der Waals surface area contributed by atoms with Crippen LogP contribution in [-0.4, -0.2) is 16.5 Å². The quantitative estimate of drug-likeness (QED) is 0.533. The van der Waals surface area contributed by atoms with Crippen LogP contribution in [0.3, 0.4) is 0 Å². The maximum Gasteiger partial charge on any atom is 0.174 e. The molecule has 0 amide bonds. The normalized spacial score (nSPS) is 22.0. The lowest BCUT2D eigenvalue weighted by atomic mass is 9.76. The third kappa shape index (κ3) is 3.32. The van der Waals surface area contributed by atoms with Crippen molar-refractivity contribution >= 4 is 17.3 Å². The zero-order valence-corrected chi connectivity index (χ0v) is 15.2. The molecule has 1 aliphatic carbocycles. The van der Waals surface area contributed by atoms with Gasteiger partial charge in [0.05, 0.1) is 11.8 Å². The van der Waals surface area contributed by atoms with E-state index in [1.807, 2.05) is 30.3 Å². The van der Waals surface area contributed by atoms with Crippen molar-refractivity contribution in [2.24, 2.45) is 5.41 Å². The lowest BCUT2D eigenvalue weighted by Crippen LogP contribution is -2.28. The topological polar surface area (TPSA) is 26.1 Å². The molecule has 2 nitrogen and oxygen atoms in total. The summed E-state index contributed by atoms with van der Waals surface area (Å²) in [5, 5.41) is 13.9. The molecule has 1 atom stereocenters. The predicted octanol–water partition coefficient (Wildman–Crippen LogP) is 5.41. The highest BCUT2D eigenvalue weighted by Gasteiger charge is 2.51. The predicted molar refractivity (Wildman–Crippen MR) is 103 cm³/mol. The second-order valence-electron chi connectivity index (χ2n) is 7.61. The summed E-state index contributed by atoms with van der Waals surface area (Å²) in [5.41, 5.74) is 3.70. The Morgan fingerprint density at radius 3 is 2.32 bits per heavy atom. The van der Waals surface area contributed by atoms with E-state index in [2.05, 4.69) is 24.3 Å². The van der Waals surface area contributed by atoms with Gasteiger partial charge in [-0.25, -0.2) is 4.74 Å². The van der Waals surface area contributed by atoms with Crippen molar-refractivity contribution in [3.63, 3.8) is 0 Å². The van der Waals surface area contributed by atoms with Gasteiger partial charge in [0, 0.05) is 17.9 Å². The highest BCUT2D eigenvalue weighted by atomic mass is 35.5. The maximum atomic E-state index is 13.2. The van der Waals surface area contributed by atoms with Crippen molar-refractivity contribution in [2.45, 2.75) is 51.0 Å². The molecule has 130 valence electrons. The number of hydrogen-bond donors (Lipinski definition) is 0. The van der Waals surface area contributed by atoms with E-state index in [0.29, 0.717) is 0 Å². The fourth-order valence-electron chi connectivity index (χ4n) is 4.75. The minimum absolute atomic E-state index is 0.0537. The molecule has 0 unspecified atom stereocenters. The van der Waals surface area contributed by atoms with Crippen LogP contribution in [0.2, 0.25) is 5.02 Å². The summed E-state index contributed by atoms with van der Waals surface area (Å²) in [4.78, 5) is 0. The lowest BCUT2D eigenvalue weighted by Gasteiger charge is -2.21. The molecule has 0 N–H and O–H groups in total. The minimum Gasteiger partial charge on any atom is -0.624 e. The van der Waals surface area contributed by atoms with Crippen LogP contribution in [-0.2, 0) is 12.8 Å².